The van der Waals surface area contributed by atoms with E-state index >= 15 is 0 Å². The number of hydrogen-bond acceptors (Lipinski definition) is 3. The van der Waals surface area contributed by atoms with Gasteiger partial charge in [0.15, 0.2) is 11.6 Å². The van der Waals surface area contributed by atoms with Crippen LogP contribution in [0.15, 0.2) is 12.1 Å². The molecule has 1 saturated heterocycles. The summed E-state index contributed by atoms with van der Waals surface area (Å²) in [6.45, 7) is 0.415. The first-order valence-electron chi connectivity index (χ1n) is 5.96. The van der Waals surface area contributed by atoms with Crippen molar-refractivity contribution in [3.8, 4) is 6.07 Å². The van der Waals surface area contributed by atoms with E-state index in [0.717, 1.165) is 12.1 Å². The summed E-state index contributed by atoms with van der Waals surface area (Å²) in [5, 5.41) is 11.2. The molecule has 4 nitrogen and oxygen atoms in total. The molecule has 1 aromatic rings. The van der Waals surface area contributed by atoms with Crippen molar-refractivity contribution in [3.05, 3.63) is 29.3 Å². The third-order valence-corrected chi connectivity index (χ3v) is 3.24. The molecule has 0 aliphatic carbocycles. The molecule has 1 aliphatic heterocycles. The minimum Gasteiger partial charge on any atom is -0.357 e. The lowest BCUT2D eigenvalue weighted by molar-refractivity contribution is -0.121. The number of nitrogens with zero attached hydrogens (tertiary/aromatic N) is 2. The van der Waals surface area contributed by atoms with Gasteiger partial charge in [-0.25, -0.2) is 8.78 Å². The van der Waals surface area contributed by atoms with Gasteiger partial charge in [0.1, 0.15) is 11.7 Å². The normalized spacial score (nSPS) is 18.2. The molecule has 1 N–H and O–H groups in total. The first kappa shape index (κ1) is 13.3. The van der Waals surface area contributed by atoms with E-state index < -0.39 is 17.7 Å². The van der Waals surface area contributed by atoms with Gasteiger partial charge in [-0.2, -0.15) is 5.26 Å². The molecule has 1 unspecified atom stereocenters. The smallest absolute Gasteiger partial charge is 0.242 e. The Morgan fingerprint density at radius 1 is 1.47 bits per heavy atom. The van der Waals surface area contributed by atoms with Crippen LogP contribution in [0, 0.1) is 23.0 Å². The van der Waals surface area contributed by atoms with Gasteiger partial charge in [0.25, 0.3) is 0 Å². The number of anilines is 1. The number of nitrogens with one attached hydrogen (secondary N) is 1. The molecule has 1 aromatic carbocycles. The molecule has 0 radical (unpaired) electrons. The van der Waals surface area contributed by atoms with E-state index in [4.69, 9.17) is 5.26 Å². The van der Waals surface area contributed by atoms with E-state index in [1.807, 2.05) is 0 Å². The zero-order valence-electron chi connectivity index (χ0n) is 10.4. The molecular weight excluding hydrogens is 252 g/mol. The van der Waals surface area contributed by atoms with Gasteiger partial charge in [-0.05, 0) is 25.0 Å². The summed E-state index contributed by atoms with van der Waals surface area (Å²) in [4.78, 5) is 13.1. The molecule has 0 aromatic heterocycles. The molecule has 100 valence electrons. The third kappa shape index (κ3) is 2.36. The average molecular weight is 265 g/mol. The summed E-state index contributed by atoms with van der Waals surface area (Å²) < 4.78 is 27.9. The highest BCUT2D eigenvalue weighted by Crippen LogP contribution is 2.31. The Kier molecular flexibility index (Phi) is 3.65. The van der Waals surface area contributed by atoms with Crippen molar-refractivity contribution in [2.45, 2.75) is 18.9 Å². The van der Waals surface area contributed by atoms with Crippen molar-refractivity contribution >= 4 is 11.6 Å². The van der Waals surface area contributed by atoms with Crippen LogP contribution < -0.4 is 10.2 Å². The van der Waals surface area contributed by atoms with Crippen molar-refractivity contribution in [1.29, 1.82) is 5.26 Å². The fourth-order valence-electron chi connectivity index (χ4n) is 2.38. The van der Waals surface area contributed by atoms with Gasteiger partial charge < -0.3 is 10.2 Å². The number of carbonyl (C=O) groups excluding carboxylic acids is 1. The van der Waals surface area contributed by atoms with Gasteiger partial charge in [-0.15, -0.1) is 0 Å². The van der Waals surface area contributed by atoms with Crippen LogP contribution in [0.2, 0.25) is 0 Å². The topological polar surface area (TPSA) is 56.1 Å². The second-order valence-corrected chi connectivity index (χ2v) is 4.37. The maximum Gasteiger partial charge on any atom is 0.242 e. The number of benzene rings is 1. The number of amides is 1. The third-order valence-electron chi connectivity index (χ3n) is 3.24. The van der Waals surface area contributed by atoms with Crippen LogP contribution in [0.1, 0.15) is 18.4 Å². The summed E-state index contributed by atoms with van der Waals surface area (Å²) in [5.74, 6) is -1.89. The van der Waals surface area contributed by atoms with Crippen molar-refractivity contribution in [2.24, 2.45) is 0 Å². The molecule has 6 heteroatoms. The number of nitriles is 1. The number of likely N-dealkylation sites (N-methyl/N-ethyl adjacent to an activating group) is 1. The summed E-state index contributed by atoms with van der Waals surface area (Å²) in [6, 6.07) is 3.09. The fraction of sp³-hybridized carbons (Fsp3) is 0.385. The van der Waals surface area contributed by atoms with Crippen LogP contribution in [0.4, 0.5) is 14.5 Å². The summed E-state index contributed by atoms with van der Waals surface area (Å²) >= 11 is 0. The second kappa shape index (κ2) is 5.22. The largest absolute Gasteiger partial charge is 0.357 e. The number of hydrogen-bond donors (Lipinski definition) is 1. The van der Waals surface area contributed by atoms with Crippen LogP contribution in [0.3, 0.4) is 0 Å². The van der Waals surface area contributed by atoms with Crippen molar-refractivity contribution in [2.75, 3.05) is 18.5 Å². The zero-order valence-corrected chi connectivity index (χ0v) is 10.4. The van der Waals surface area contributed by atoms with Crippen LogP contribution in [0.5, 0.6) is 0 Å². The Balaban J connectivity index is 2.42. The van der Waals surface area contributed by atoms with E-state index in [2.05, 4.69) is 5.32 Å². The molecular formula is C13H13F2N3O. The lowest BCUT2D eigenvalue weighted by Crippen LogP contribution is -2.42. The molecule has 0 saturated carbocycles. The first-order valence-corrected chi connectivity index (χ1v) is 5.96. The van der Waals surface area contributed by atoms with Gasteiger partial charge in [0, 0.05) is 13.6 Å². The molecule has 0 spiro atoms. The van der Waals surface area contributed by atoms with Crippen LogP contribution in [-0.2, 0) is 4.79 Å². The predicted molar refractivity (Wildman–Crippen MR) is 65.5 cm³/mol. The molecule has 0 bridgehead atoms. The Morgan fingerprint density at radius 2 is 2.11 bits per heavy atom. The highest BCUT2D eigenvalue weighted by molar-refractivity contribution is 5.85. The maximum absolute atomic E-state index is 13.9. The molecule has 2 rings (SSSR count). The molecule has 1 aliphatic rings. The van der Waals surface area contributed by atoms with Crippen LogP contribution >= 0.6 is 0 Å². The Labute approximate surface area is 109 Å². The summed E-state index contributed by atoms with van der Waals surface area (Å²) in [7, 11) is 1.49. The highest BCUT2D eigenvalue weighted by atomic mass is 19.1. The second-order valence-electron chi connectivity index (χ2n) is 4.37. The lowest BCUT2D eigenvalue weighted by atomic mass is 10.1. The van der Waals surface area contributed by atoms with Gasteiger partial charge >= 0.3 is 0 Å². The predicted octanol–water partition coefficient (Wildman–Crippen LogP) is 1.55. The number of rotatable bonds is 2. The van der Waals surface area contributed by atoms with Crippen LogP contribution in [0.25, 0.3) is 0 Å². The molecule has 1 fully saturated rings. The number of halogens is 2. The molecule has 1 atom stereocenters. The number of carbonyl (C=O) groups is 1. The maximum atomic E-state index is 13.9. The van der Waals surface area contributed by atoms with E-state index in [1.165, 1.54) is 11.9 Å². The first-order chi connectivity index (χ1) is 9.08. The van der Waals surface area contributed by atoms with E-state index in [-0.39, 0.29) is 17.2 Å². The summed E-state index contributed by atoms with van der Waals surface area (Å²) in [5.41, 5.74) is -0.306. The zero-order chi connectivity index (χ0) is 14.0. The van der Waals surface area contributed by atoms with E-state index in [1.54, 1.807) is 6.07 Å². The van der Waals surface area contributed by atoms with Gasteiger partial charge in [0.05, 0.1) is 11.6 Å². The van der Waals surface area contributed by atoms with Gasteiger partial charge in [-0.3, -0.25) is 4.79 Å². The molecule has 1 heterocycles. The van der Waals surface area contributed by atoms with Crippen molar-refractivity contribution < 1.29 is 13.6 Å². The minimum absolute atomic E-state index is 0.0746. The quantitative estimate of drug-likeness (QED) is 0.882. The average Bonchev–Trinajstić information content (AvgIpc) is 2.86. The van der Waals surface area contributed by atoms with Gasteiger partial charge in [0.2, 0.25) is 5.91 Å². The highest BCUT2D eigenvalue weighted by Gasteiger charge is 2.33. The van der Waals surface area contributed by atoms with E-state index in [9.17, 15) is 13.6 Å². The molecule has 19 heavy (non-hydrogen) atoms. The van der Waals surface area contributed by atoms with Crippen molar-refractivity contribution in [3.63, 3.8) is 0 Å². The van der Waals surface area contributed by atoms with E-state index in [0.29, 0.717) is 19.4 Å². The monoisotopic (exact) mass is 265 g/mol. The van der Waals surface area contributed by atoms with Crippen LogP contribution in [-0.4, -0.2) is 25.5 Å². The van der Waals surface area contributed by atoms with Gasteiger partial charge in [-0.1, -0.05) is 0 Å². The lowest BCUT2D eigenvalue weighted by Gasteiger charge is -2.26. The Morgan fingerprint density at radius 3 is 2.63 bits per heavy atom. The molecule has 1 amide bonds. The SMILES string of the molecule is CNC(=O)C1CCCN1c1c(F)cc(C#N)cc1F. The standard InChI is InChI=1S/C13H13F2N3O/c1-17-13(19)11-3-2-4-18(11)12-9(14)5-8(7-16)6-10(12)15/h5-6,11H,2-4H2,1H3,(H,17,19). The Bertz CT molecular complexity index is 530. The van der Waals surface area contributed by atoms with Crippen molar-refractivity contribution in [1.82, 2.24) is 5.32 Å². The Hall–Kier alpha value is -2.16. The summed E-state index contributed by atoms with van der Waals surface area (Å²) in [6.07, 6.45) is 1.25. The fourth-order valence-corrected chi connectivity index (χ4v) is 2.38. The minimum atomic E-state index is -0.813.